The fraction of sp³-hybridized carbons (Fsp3) is 0.308. The largest absolute Gasteiger partial charge is 0.441 e. The quantitative estimate of drug-likeness (QED) is 0.910. The molecule has 0 aliphatic carbocycles. The summed E-state index contributed by atoms with van der Waals surface area (Å²) in [5.74, 6) is -0.404. The molecule has 0 atom stereocenters. The van der Waals surface area contributed by atoms with Gasteiger partial charge < -0.3 is 10.2 Å². The standard InChI is InChI=1S/C13H14F2N2O/c1-8-5-9(11(15)6-10(8)14)12-7-17-13(18-12)3-2-4-16/h5-7H,2-4,16H2,1H3. The molecule has 0 aliphatic rings. The number of nitrogens with zero attached hydrogens (tertiary/aromatic N) is 1. The van der Waals surface area contributed by atoms with Crippen molar-refractivity contribution in [3.8, 4) is 11.3 Å². The Morgan fingerprint density at radius 3 is 2.78 bits per heavy atom. The second kappa shape index (κ2) is 5.27. The van der Waals surface area contributed by atoms with E-state index in [4.69, 9.17) is 10.2 Å². The molecule has 3 nitrogen and oxygen atoms in total. The minimum atomic E-state index is -0.653. The van der Waals surface area contributed by atoms with Crippen LogP contribution < -0.4 is 5.73 Å². The maximum Gasteiger partial charge on any atom is 0.194 e. The van der Waals surface area contributed by atoms with Crippen LogP contribution >= 0.6 is 0 Å². The molecule has 5 heteroatoms. The van der Waals surface area contributed by atoms with E-state index in [0.717, 1.165) is 12.5 Å². The van der Waals surface area contributed by atoms with Gasteiger partial charge in [0.15, 0.2) is 11.7 Å². The van der Waals surface area contributed by atoms with Crippen LogP contribution in [0.2, 0.25) is 0 Å². The first-order chi connectivity index (χ1) is 8.61. The predicted octanol–water partition coefficient (Wildman–Crippen LogP) is 2.82. The molecule has 0 unspecified atom stereocenters. The normalized spacial score (nSPS) is 10.9. The van der Waals surface area contributed by atoms with Crippen LogP contribution in [0.25, 0.3) is 11.3 Å². The van der Waals surface area contributed by atoms with Crippen molar-refractivity contribution < 1.29 is 13.2 Å². The summed E-state index contributed by atoms with van der Waals surface area (Å²) in [6.07, 6.45) is 2.81. The Labute approximate surface area is 104 Å². The Bertz CT molecular complexity index is 552. The molecular weight excluding hydrogens is 238 g/mol. The number of benzene rings is 1. The summed E-state index contributed by atoms with van der Waals surface area (Å²) in [6, 6.07) is 2.27. The smallest absolute Gasteiger partial charge is 0.194 e. The number of aryl methyl sites for hydroxylation is 2. The maximum absolute atomic E-state index is 13.6. The van der Waals surface area contributed by atoms with Crippen molar-refractivity contribution in [2.24, 2.45) is 5.73 Å². The third-order valence-electron chi connectivity index (χ3n) is 2.66. The van der Waals surface area contributed by atoms with Crippen molar-refractivity contribution in [1.82, 2.24) is 4.98 Å². The number of hydrogen-bond donors (Lipinski definition) is 1. The van der Waals surface area contributed by atoms with Crippen molar-refractivity contribution in [3.05, 3.63) is 41.4 Å². The van der Waals surface area contributed by atoms with Crippen molar-refractivity contribution in [2.45, 2.75) is 19.8 Å². The Kier molecular flexibility index (Phi) is 3.72. The Hall–Kier alpha value is -1.75. The van der Waals surface area contributed by atoms with E-state index in [1.165, 1.54) is 12.3 Å². The highest BCUT2D eigenvalue weighted by Gasteiger charge is 2.13. The van der Waals surface area contributed by atoms with Gasteiger partial charge in [0.2, 0.25) is 0 Å². The number of hydrogen-bond acceptors (Lipinski definition) is 3. The van der Waals surface area contributed by atoms with Gasteiger partial charge in [-0.25, -0.2) is 13.8 Å². The summed E-state index contributed by atoms with van der Waals surface area (Å²) in [7, 11) is 0. The summed E-state index contributed by atoms with van der Waals surface area (Å²) in [6.45, 7) is 2.12. The van der Waals surface area contributed by atoms with Crippen molar-refractivity contribution in [1.29, 1.82) is 0 Å². The van der Waals surface area contributed by atoms with Crippen LogP contribution in [0.3, 0.4) is 0 Å². The predicted molar refractivity (Wildman–Crippen MR) is 64.0 cm³/mol. The summed E-state index contributed by atoms with van der Waals surface area (Å²) >= 11 is 0. The molecule has 0 amide bonds. The lowest BCUT2D eigenvalue weighted by atomic mass is 10.1. The van der Waals surface area contributed by atoms with E-state index in [1.807, 2.05) is 0 Å². The van der Waals surface area contributed by atoms with Crippen LogP contribution in [0.1, 0.15) is 17.9 Å². The Balaban J connectivity index is 2.31. The lowest BCUT2D eigenvalue weighted by Gasteiger charge is -2.02. The Morgan fingerprint density at radius 1 is 1.28 bits per heavy atom. The van der Waals surface area contributed by atoms with Crippen LogP contribution in [0, 0.1) is 18.6 Å². The molecule has 0 fully saturated rings. The third kappa shape index (κ3) is 2.56. The van der Waals surface area contributed by atoms with Crippen molar-refractivity contribution in [3.63, 3.8) is 0 Å². The first-order valence-electron chi connectivity index (χ1n) is 5.72. The number of rotatable bonds is 4. The molecule has 0 saturated heterocycles. The number of nitrogens with two attached hydrogens (primary N) is 1. The molecule has 96 valence electrons. The summed E-state index contributed by atoms with van der Waals surface area (Å²) in [4.78, 5) is 4.04. The molecule has 0 bridgehead atoms. The van der Waals surface area contributed by atoms with E-state index in [-0.39, 0.29) is 5.56 Å². The summed E-state index contributed by atoms with van der Waals surface area (Å²) in [5.41, 5.74) is 5.97. The minimum Gasteiger partial charge on any atom is -0.441 e. The van der Waals surface area contributed by atoms with Gasteiger partial charge in [-0.2, -0.15) is 0 Å². The third-order valence-corrected chi connectivity index (χ3v) is 2.66. The van der Waals surface area contributed by atoms with Crippen molar-refractivity contribution >= 4 is 0 Å². The van der Waals surface area contributed by atoms with E-state index in [2.05, 4.69) is 4.98 Å². The summed E-state index contributed by atoms with van der Waals surface area (Å²) in [5, 5.41) is 0. The van der Waals surface area contributed by atoms with Gasteiger partial charge in [0.1, 0.15) is 11.6 Å². The van der Waals surface area contributed by atoms with E-state index in [0.29, 0.717) is 30.2 Å². The lowest BCUT2D eigenvalue weighted by molar-refractivity contribution is 0.495. The first-order valence-corrected chi connectivity index (χ1v) is 5.72. The van der Waals surface area contributed by atoms with Gasteiger partial charge in [0.25, 0.3) is 0 Å². The first kappa shape index (κ1) is 12.7. The van der Waals surface area contributed by atoms with Crippen LogP contribution in [0.4, 0.5) is 8.78 Å². The Morgan fingerprint density at radius 2 is 2.06 bits per heavy atom. The topological polar surface area (TPSA) is 52.0 Å². The van der Waals surface area contributed by atoms with Gasteiger partial charge in [0.05, 0.1) is 11.8 Å². The van der Waals surface area contributed by atoms with Gasteiger partial charge in [-0.05, 0) is 31.5 Å². The zero-order chi connectivity index (χ0) is 13.1. The average Bonchev–Trinajstić information content (AvgIpc) is 2.79. The zero-order valence-electron chi connectivity index (χ0n) is 10.0. The molecular formula is C13H14F2N2O. The van der Waals surface area contributed by atoms with Crippen molar-refractivity contribution in [2.75, 3.05) is 6.54 Å². The van der Waals surface area contributed by atoms with Crippen LogP contribution in [0.5, 0.6) is 0 Å². The maximum atomic E-state index is 13.6. The van der Waals surface area contributed by atoms with Gasteiger partial charge in [-0.1, -0.05) is 0 Å². The molecule has 1 heterocycles. The van der Waals surface area contributed by atoms with Gasteiger partial charge in [-0.3, -0.25) is 0 Å². The van der Waals surface area contributed by atoms with E-state index in [9.17, 15) is 8.78 Å². The molecule has 0 aliphatic heterocycles. The SMILES string of the molecule is Cc1cc(-c2cnc(CCCN)o2)c(F)cc1F. The minimum absolute atomic E-state index is 0.223. The lowest BCUT2D eigenvalue weighted by Crippen LogP contribution is -2.00. The zero-order valence-corrected chi connectivity index (χ0v) is 10.0. The van der Waals surface area contributed by atoms with E-state index < -0.39 is 11.6 Å². The van der Waals surface area contributed by atoms with Crippen LogP contribution in [0.15, 0.2) is 22.7 Å². The molecule has 0 radical (unpaired) electrons. The highest BCUT2D eigenvalue weighted by atomic mass is 19.1. The van der Waals surface area contributed by atoms with Gasteiger partial charge in [0, 0.05) is 12.5 Å². The average molecular weight is 252 g/mol. The fourth-order valence-corrected chi connectivity index (χ4v) is 1.65. The molecule has 2 rings (SSSR count). The number of aromatic nitrogens is 1. The highest BCUT2D eigenvalue weighted by Crippen LogP contribution is 2.26. The number of halogens is 2. The fourth-order valence-electron chi connectivity index (χ4n) is 1.65. The molecule has 2 aromatic rings. The van der Waals surface area contributed by atoms with Crippen LogP contribution in [-0.4, -0.2) is 11.5 Å². The molecule has 1 aromatic heterocycles. The second-order valence-electron chi connectivity index (χ2n) is 4.09. The van der Waals surface area contributed by atoms with Gasteiger partial charge in [-0.15, -0.1) is 0 Å². The molecule has 0 saturated carbocycles. The molecule has 1 aromatic carbocycles. The molecule has 2 N–H and O–H groups in total. The van der Waals surface area contributed by atoms with E-state index in [1.54, 1.807) is 6.92 Å². The van der Waals surface area contributed by atoms with Crippen LogP contribution in [-0.2, 0) is 6.42 Å². The molecule has 18 heavy (non-hydrogen) atoms. The molecule has 0 spiro atoms. The number of oxazole rings is 1. The highest BCUT2D eigenvalue weighted by molar-refractivity contribution is 5.58. The van der Waals surface area contributed by atoms with E-state index >= 15 is 0 Å². The second-order valence-corrected chi connectivity index (χ2v) is 4.09. The van der Waals surface area contributed by atoms with Gasteiger partial charge >= 0.3 is 0 Å². The monoisotopic (exact) mass is 252 g/mol. The summed E-state index contributed by atoms with van der Waals surface area (Å²) < 4.78 is 32.2.